The molecule has 4 rings (SSSR count). The van der Waals surface area contributed by atoms with Crippen LogP contribution in [0, 0.1) is 11.7 Å². The van der Waals surface area contributed by atoms with E-state index in [-0.39, 0.29) is 17.9 Å². The minimum absolute atomic E-state index is 0.0411. The predicted molar refractivity (Wildman–Crippen MR) is 108 cm³/mol. The van der Waals surface area contributed by atoms with Gasteiger partial charge in [-0.05, 0) is 42.3 Å². The first-order valence-electron chi connectivity index (χ1n) is 9.66. The molecule has 0 saturated carbocycles. The van der Waals surface area contributed by atoms with Crippen LogP contribution < -0.4 is 16.0 Å². The van der Waals surface area contributed by atoms with Crippen LogP contribution in [0.25, 0.3) is 11.5 Å². The first-order valence-corrected chi connectivity index (χ1v) is 9.66. The number of nitrogens with zero attached hydrogens (tertiary/aromatic N) is 2. The Kier molecular flexibility index (Phi) is 5.37. The highest BCUT2D eigenvalue weighted by Crippen LogP contribution is 2.26. The van der Waals surface area contributed by atoms with E-state index in [1.165, 1.54) is 35.2 Å². The van der Waals surface area contributed by atoms with Gasteiger partial charge in [-0.2, -0.15) is 5.10 Å². The Morgan fingerprint density at radius 1 is 1.30 bits per heavy atom. The molecule has 1 fully saturated rings. The van der Waals surface area contributed by atoms with Crippen molar-refractivity contribution in [3.63, 3.8) is 0 Å². The lowest BCUT2D eigenvalue weighted by atomic mass is 9.99. The molecule has 0 aliphatic carbocycles. The van der Waals surface area contributed by atoms with Crippen LogP contribution >= 0.6 is 0 Å². The van der Waals surface area contributed by atoms with Crippen LogP contribution in [0.3, 0.4) is 0 Å². The number of furan rings is 1. The number of amides is 2. The number of carbonyl (C=O) groups is 2. The number of nitrogens with one attached hydrogen (secondary N) is 3. The fourth-order valence-electron chi connectivity index (χ4n) is 3.29. The molecule has 0 spiro atoms. The molecular weight excluding hydrogens is 389 g/mol. The third kappa shape index (κ3) is 4.11. The molecule has 2 atom stereocenters. The van der Waals surface area contributed by atoms with Crippen molar-refractivity contribution in [2.75, 3.05) is 5.32 Å². The SMILES string of the molecule is CC(C)C1CC(=O)NC(n2nc(-c3ccco3)cc2NC(=O)c2ccc(F)cc2)N1. The van der Waals surface area contributed by atoms with Crippen molar-refractivity contribution < 1.29 is 18.4 Å². The van der Waals surface area contributed by atoms with Gasteiger partial charge < -0.3 is 15.1 Å². The summed E-state index contributed by atoms with van der Waals surface area (Å²) in [6.07, 6.45) is 1.24. The Morgan fingerprint density at radius 3 is 2.73 bits per heavy atom. The van der Waals surface area contributed by atoms with Gasteiger partial charge in [-0.1, -0.05) is 13.8 Å². The maximum atomic E-state index is 13.2. The summed E-state index contributed by atoms with van der Waals surface area (Å²) in [4.78, 5) is 24.9. The number of aromatic nitrogens is 2. The van der Waals surface area contributed by atoms with Crippen LogP contribution in [0.1, 0.15) is 36.9 Å². The Bertz CT molecular complexity index is 1040. The number of halogens is 1. The zero-order chi connectivity index (χ0) is 21.3. The highest BCUT2D eigenvalue weighted by molar-refractivity contribution is 6.04. The van der Waals surface area contributed by atoms with Gasteiger partial charge in [0.25, 0.3) is 5.91 Å². The lowest BCUT2D eigenvalue weighted by molar-refractivity contribution is -0.126. The summed E-state index contributed by atoms with van der Waals surface area (Å²) in [7, 11) is 0. The van der Waals surface area contributed by atoms with E-state index >= 15 is 0 Å². The molecule has 2 unspecified atom stereocenters. The molecule has 1 aromatic carbocycles. The molecule has 0 bridgehead atoms. The second-order valence-electron chi connectivity index (χ2n) is 7.49. The van der Waals surface area contributed by atoms with E-state index in [9.17, 15) is 14.0 Å². The Hall–Kier alpha value is -3.46. The fraction of sp³-hybridized carbons (Fsp3) is 0.286. The molecule has 3 N–H and O–H groups in total. The quantitative estimate of drug-likeness (QED) is 0.599. The zero-order valence-electron chi connectivity index (χ0n) is 16.6. The fourth-order valence-corrected chi connectivity index (χ4v) is 3.29. The highest BCUT2D eigenvalue weighted by atomic mass is 19.1. The molecule has 1 aliphatic heterocycles. The number of rotatable bonds is 5. The summed E-state index contributed by atoms with van der Waals surface area (Å²) in [5, 5.41) is 13.5. The third-order valence-corrected chi connectivity index (χ3v) is 4.98. The lowest BCUT2D eigenvalue weighted by Gasteiger charge is -2.34. The standard InChI is InChI=1S/C21H22FN5O3/c1-12(2)15-11-19(28)25-21(23-15)27-18(10-16(26-27)17-4-3-9-30-17)24-20(29)13-5-7-14(22)8-6-13/h3-10,12,15,21,23H,11H2,1-2H3,(H,24,29)(H,25,28). The van der Waals surface area contributed by atoms with E-state index in [2.05, 4.69) is 21.0 Å². The summed E-state index contributed by atoms with van der Waals surface area (Å²) < 4.78 is 20.1. The number of anilines is 1. The molecule has 2 aromatic heterocycles. The minimum Gasteiger partial charge on any atom is -0.463 e. The topological polar surface area (TPSA) is 101 Å². The number of hydrogen-bond acceptors (Lipinski definition) is 5. The number of carbonyl (C=O) groups excluding carboxylic acids is 2. The van der Waals surface area contributed by atoms with E-state index < -0.39 is 18.0 Å². The van der Waals surface area contributed by atoms with Crippen molar-refractivity contribution in [2.45, 2.75) is 32.6 Å². The molecule has 3 heterocycles. The van der Waals surface area contributed by atoms with Crippen molar-refractivity contribution >= 4 is 17.6 Å². The molecule has 9 heteroatoms. The zero-order valence-corrected chi connectivity index (χ0v) is 16.6. The van der Waals surface area contributed by atoms with Gasteiger partial charge in [0.2, 0.25) is 5.91 Å². The maximum Gasteiger partial charge on any atom is 0.256 e. The van der Waals surface area contributed by atoms with Crippen LogP contribution in [-0.4, -0.2) is 27.6 Å². The molecule has 1 saturated heterocycles. The average Bonchev–Trinajstić information content (AvgIpc) is 3.38. The largest absolute Gasteiger partial charge is 0.463 e. The molecule has 30 heavy (non-hydrogen) atoms. The lowest BCUT2D eigenvalue weighted by Crippen LogP contribution is -2.55. The van der Waals surface area contributed by atoms with Gasteiger partial charge in [-0.15, -0.1) is 0 Å². The summed E-state index contributed by atoms with van der Waals surface area (Å²) in [5.74, 6) is 0.154. The Balaban J connectivity index is 1.67. The Labute approximate surface area is 172 Å². The number of benzene rings is 1. The van der Waals surface area contributed by atoms with E-state index in [0.29, 0.717) is 29.3 Å². The summed E-state index contributed by atoms with van der Waals surface area (Å²) >= 11 is 0. The highest BCUT2D eigenvalue weighted by Gasteiger charge is 2.31. The van der Waals surface area contributed by atoms with Gasteiger partial charge in [0.05, 0.1) is 6.26 Å². The van der Waals surface area contributed by atoms with Gasteiger partial charge in [0.15, 0.2) is 12.0 Å². The third-order valence-electron chi connectivity index (χ3n) is 4.98. The van der Waals surface area contributed by atoms with E-state index in [0.717, 1.165) is 0 Å². The van der Waals surface area contributed by atoms with Gasteiger partial charge in [-0.3, -0.25) is 14.9 Å². The summed E-state index contributed by atoms with van der Waals surface area (Å²) in [6, 6.07) is 10.3. The molecular formula is C21H22FN5O3. The average molecular weight is 411 g/mol. The van der Waals surface area contributed by atoms with E-state index in [1.54, 1.807) is 18.2 Å². The van der Waals surface area contributed by atoms with Crippen molar-refractivity contribution in [3.05, 3.63) is 60.1 Å². The van der Waals surface area contributed by atoms with Crippen LogP contribution in [0.2, 0.25) is 0 Å². The predicted octanol–water partition coefficient (Wildman–Crippen LogP) is 3.12. The van der Waals surface area contributed by atoms with Gasteiger partial charge >= 0.3 is 0 Å². The van der Waals surface area contributed by atoms with Crippen molar-refractivity contribution in [3.8, 4) is 11.5 Å². The molecule has 3 aromatic rings. The van der Waals surface area contributed by atoms with E-state index in [1.807, 2.05) is 13.8 Å². The van der Waals surface area contributed by atoms with Crippen LogP contribution in [-0.2, 0) is 4.79 Å². The molecule has 0 radical (unpaired) electrons. The summed E-state index contributed by atoms with van der Waals surface area (Å²) in [5.41, 5.74) is 0.793. The van der Waals surface area contributed by atoms with Crippen molar-refractivity contribution in [2.24, 2.45) is 5.92 Å². The molecule has 2 amide bonds. The summed E-state index contributed by atoms with van der Waals surface area (Å²) in [6.45, 7) is 4.06. The molecule has 156 valence electrons. The first-order chi connectivity index (χ1) is 14.4. The van der Waals surface area contributed by atoms with Crippen molar-refractivity contribution in [1.29, 1.82) is 0 Å². The van der Waals surface area contributed by atoms with Gasteiger partial charge in [0.1, 0.15) is 17.3 Å². The van der Waals surface area contributed by atoms with Crippen LogP contribution in [0.5, 0.6) is 0 Å². The van der Waals surface area contributed by atoms with Gasteiger partial charge in [-0.25, -0.2) is 9.07 Å². The second kappa shape index (κ2) is 8.11. The molecule has 8 nitrogen and oxygen atoms in total. The van der Waals surface area contributed by atoms with Crippen LogP contribution in [0.4, 0.5) is 10.2 Å². The monoisotopic (exact) mass is 411 g/mol. The first kappa shape index (κ1) is 19.8. The second-order valence-corrected chi connectivity index (χ2v) is 7.49. The van der Waals surface area contributed by atoms with E-state index in [4.69, 9.17) is 4.42 Å². The maximum absolute atomic E-state index is 13.2. The smallest absolute Gasteiger partial charge is 0.256 e. The van der Waals surface area contributed by atoms with Crippen molar-refractivity contribution in [1.82, 2.24) is 20.4 Å². The Morgan fingerprint density at radius 2 is 2.07 bits per heavy atom. The normalized spacial score (nSPS) is 19.0. The minimum atomic E-state index is -0.647. The number of hydrogen-bond donors (Lipinski definition) is 3. The molecule has 1 aliphatic rings. The van der Waals surface area contributed by atoms with Crippen LogP contribution in [0.15, 0.2) is 53.1 Å². The van der Waals surface area contributed by atoms with Gasteiger partial charge in [0, 0.05) is 24.1 Å².